The molecule has 1 amide bonds. The molecule has 1 aliphatic heterocycles. The van der Waals surface area contributed by atoms with Crippen molar-refractivity contribution in [3.05, 3.63) is 70.2 Å². The summed E-state index contributed by atoms with van der Waals surface area (Å²) in [5.74, 6) is -0.511. The lowest BCUT2D eigenvalue weighted by molar-refractivity contribution is -0.274. The van der Waals surface area contributed by atoms with E-state index in [1.54, 1.807) is 24.3 Å². The second-order valence-corrected chi connectivity index (χ2v) is 12.0. The smallest absolute Gasteiger partial charge is 0.406 e. The number of hydrogen-bond donors (Lipinski definition) is 1. The summed E-state index contributed by atoms with van der Waals surface area (Å²) < 4.78 is 64.5. The Bertz CT molecular complexity index is 1370. The van der Waals surface area contributed by atoms with E-state index in [1.165, 1.54) is 35.6 Å². The summed E-state index contributed by atoms with van der Waals surface area (Å²) in [5.41, 5.74) is 2.44. The Labute approximate surface area is 217 Å². The van der Waals surface area contributed by atoms with Crippen LogP contribution in [0, 0.1) is 0 Å². The lowest BCUT2D eigenvalue weighted by Crippen LogP contribution is -2.26. The quantitative estimate of drug-likeness (QED) is 0.388. The average molecular weight is 554 g/mol. The minimum atomic E-state index is -4.73. The molecule has 1 N–H and O–H groups in total. The highest BCUT2D eigenvalue weighted by Crippen LogP contribution is 2.44. The van der Waals surface area contributed by atoms with E-state index in [0.717, 1.165) is 28.8 Å². The Kier molecular flexibility index (Phi) is 7.63. The summed E-state index contributed by atoms with van der Waals surface area (Å²) in [6.45, 7) is 4.64. The zero-order valence-corrected chi connectivity index (χ0v) is 22.0. The molecular weight excluding hydrogens is 527 g/mol. The topological polar surface area (TPSA) is 88.6 Å². The zero-order valence-electron chi connectivity index (χ0n) is 20.4. The van der Waals surface area contributed by atoms with Gasteiger partial charge in [0.05, 0.1) is 23.1 Å². The number of ether oxygens (including phenoxy) is 1. The van der Waals surface area contributed by atoms with Crippen LogP contribution >= 0.6 is 11.3 Å². The highest BCUT2D eigenvalue weighted by atomic mass is 32.2. The number of amides is 1. The van der Waals surface area contributed by atoms with Gasteiger partial charge in [-0.3, -0.25) is 9.69 Å². The maximum atomic E-state index is 12.6. The number of halogens is 3. The van der Waals surface area contributed by atoms with Crippen LogP contribution in [0.5, 0.6) is 5.75 Å². The van der Waals surface area contributed by atoms with E-state index in [-0.39, 0.29) is 35.1 Å². The van der Waals surface area contributed by atoms with Crippen LogP contribution in [0.15, 0.2) is 53.4 Å². The Morgan fingerprint density at radius 3 is 2.41 bits per heavy atom. The van der Waals surface area contributed by atoms with Crippen LogP contribution < -0.4 is 10.1 Å². The minimum Gasteiger partial charge on any atom is -0.406 e. The first-order valence-electron chi connectivity index (χ1n) is 11.5. The molecule has 0 saturated carbocycles. The monoisotopic (exact) mass is 553 g/mol. The van der Waals surface area contributed by atoms with Gasteiger partial charge in [0.15, 0.2) is 15.0 Å². The molecule has 0 spiro atoms. The number of nitrogens with zero attached hydrogens (tertiary/aromatic N) is 2. The summed E-state index contributed by atoms with van der Waals surface area (Å²) in [5, 5.41) is 3.34. The van der Waals surface area contributed by atoms with Crippen molar-refractivity contribution in [2.24, 2.45) is 0 Å². The first-order valence-corrected chi connectivity index (χ1v) is 14.2. The molecule has 2 aromatic carbocycles. The number of alkyl halides is 3. The number of anilines is 1. The van der Waals surface area contributed by atoms with Crippen molar-refractivity contribution in [2.45, 2.75) is 56.6 Å². The molecule has 1 aliphatic rings. The standard InChI is InChI=1S/C25H26F3N3O4S2/c1-4-20-23-21(14-31(20)15(2)17-7-9-18(10-8-17)35-25(26,27)28)36-24(30-23)29-22(32)13-16-5-11-19(12-6-16)37(3,33)34/h5-12,15,20H,4,13-14H2,1-3H3,(H,29,30,32)/t15-,20+/m0/s1. The van der Waals surface area contributed by atoms with Gasteiger partial charge in [0.1, 0.15) is 5.75 Å². The highest BCUT2D eigenvalue weighted by Gasteiger charge is 2.36. The molecule has 1 aromatic heterocycles. The van der Waals surface area contributed by atoms with Crippen molar-refractivity contribution in [1.82, 2.24) is 9.88 Å². The van der Waals surface area contributed by atoms with Gasteiger partial charge in [-0.25, -0.2) is 13.4 Å². The highest BCUT2D eigenvalue weighted by molar-refractivity contribution is 7.90. The summed E-state index contributed by atoms with van der Waals surface area (Å²) in [6.07, 6.45) is -2.74. The molecule has 2 heterocycles. The van der Waals surface area contributed by atoms with Crippen molar-refractivity contribution in [1.29, 1.82) is 0 Å². The Balaban J connectivity index is 1.40. The van der Waals surface area contributed by atoms with Crippen LogP contribution in [0.25, 0.3) is 0 Å². The fourth-order valence-electron chi connectivity index (χ4n) is 4.40. The molecule has 0 unspecified atom stereocenters. The van der Waals surface area contributed by atoms with Crippen LogP contribution in [-0.4, -0.2) is 36.8 Å². The van der Waals surface area contributed by atoms with Gasteiger partial charge >= 0.3 is 6.36 Å². The second kappa shape index (κ2) is 10.4. The molecule has 7 nitrogen and oxygen atoms in total. The summed E-state index contributed by atoms with van der Waals surface area (Å²) in [6, 6.07) is 12.0. The van der Waals surface area contributed by atoms with Crippen molar-refractivity contribution in [2.75, 3.05) is 11.6 Å². The van der Waals surface area contributed by atoms with E-state index in [2.05, 4.69) is 19.9 Å². The molecule has 198 valence electrons. The summed E-state index contributed by atoms with van der Waals surface area (Å²) in [4.78, 5) is 20.7. The van der Waals surface area contributed by atoms with Gasteiger partial charge in [0.25, 0.3) is 0 Å². The molecule has 0 radical (unpaired) electrons. The molecule has 0 saturated heterocycles. The van der Waals surface area contributed by atoms with Gasteiger partial charge in [0.2, 0.25) is 5.91 Å². The van der Waals surface area contributed by atoms with Crippen molar-refractivity contribution >= 4 is 32.2 Å². The maximum Gasteiger partial charge on any atom is 0.573 e. The number of carbonyl (C=O) groups excluding carboxylic acids is 1. The normalized spacial score (nSPS) is 16.9. The fourth-order valence-corrected chi connectivity index (χ4v) is 6.07. The number of hydrogen-bond acceptors (Lipinski definition) is 7. The fraction of sp³-hybridized carbons (Fsp3) is 0.360. The summed E-state index contributed by atoms with van der Waals surface area (Å²) >= 11 is 1.40. The number of aromatic nitrogens is 1. The Hall–Kier alpha value is -2.96. The lowest BCUT2D eigenvalue weighted by Gasteiger charge is -2.30. The van der Waals surface area contributed by atoms with Gasteiger partial charge < -0.3 is 10.1 Å². The number of nitrogens with one attached hydrogen (secondary N) is 1. The van der Waals surface area contributed by atoms with Crippen molar-refractivity contribution < 1.29 is 31.1 Å². The van der Waals surface area contributed by atoms with Gasteiger partial charge in [-0.15, -0.1) is 24.5 Å². The molecule has 12 heteroatoms. The van der Waals surface area contributed by atoms with Gasteiger partial charge in [0, 0.05) is 23.7 Å². The number of sulfone groups is 1. The SMILES string of the molecule is CC[C@@H]1c2nc(NC(=O)Cc3ccc(S(C)(=O)=O)cc3)sc2CN1[C@@H](C)c1ccc(OC(F)(F)F)cc1. The van der Waals surface area contributed by atoms with E-state index in [1.807, 2.05) is 13.8 Å². The molecule has 0 bridgehead atoms. The number of fused-ring (bicyclic) bond motifs is 1. The number of rotatable bonds is 8. The molecule has 2 atom stereocenters. The van der Waals surface area contributed by atoms with E-state index < -0.39 is 16.2 Å². The van der Waals surface area contributed by atoms with Crippen LogP contribution in [0.1, 0.15) is 54.0 Å². The first-order chi connectivity index (χ1) is 17.3. The van der Waals surface area contributed by atoms with Crippen LogP contribution in [-0.2, 0) is 27.6 Å². The number of carbonyl (C=O) groups is 1. The first kappa shape index (κ1) is 27.1. The lowest BCUT2D eigenvalue weighted by atomic mass is 10.0. The van der Waals surface area contributed by atoms with Gasteiger partial charge in [-0.1, -0.05) is 31.2 Å². The third-order valence-electron chi connectivity index (χ3n) is 6.21. The average Bonchev–Trinajstić information content (AvgIpc) is 3.34. The van der Waals surface area contributed by atoms with E-state index in [9.17, 15) is 26.4 Å². The maximum absolute atomic E-state index is 12.6. The van der Waals surface area contributed by atoms with Gasteiger partial charge in [-0.05, 0) is 48.7 Å². The van der Waals surface area contributed by atoms with Gasteiger partial charge in [-0.2, -0.15) is 0 Å². The summed E-state index contributed by atoms with van der Waals surface area (Å²) in [7, 11) is -3.30. The number of benzene rings is 2. The zero-order chi connectivity index (χ0) is 27.0. The molecular formula is C25H26F3N3O4S2. The molecule has 3 aromatic rings. The predicted molar refractivity (Wildman–Crippen MR) is 134 cm³/mol. The Morgan fingerprint density at radius 2 is 1.84 bits per heavy atom. The third-order valence-corrected chi connectivity index (χ3v) is 8.31. The predicted octanol–water partition coefficient (Wildman–Crippen LogP) is 5.65. The molecule has 4 rings (SSSR count). The van der Waals surface area contributed by atoms with Crippen LogP contribution in [0.2, 0.25) is 0 Å². The van der Waals surface area contributed by atoms with Crippen molar-refractivity contribution in [3.8, 4) is 5.75 Å². The molecule has 0 aliphatic carbocycles. The van der Waals surface area contributed by atoms with E-state index >= 15 is 0 Å². The Morgan fingerprint density at radius 1 is 1.19 bits per heavy atom. The molecule has 37 heavy (non-hydrogen) atoms. The van der Waals surface area contributed by atoms with Crippen molar-refractivity contribution in [3.63, 3.8) is 0 Å². The number of thiazole rings is 1. The van der Waals surface area contributed by atoms with E-state index in [4.69, 9.17) is 0 Å². The van der Waals surface area contributed by atoms with Crippen LogP contribution in [0.3, 0.4) is 0 Å². The largest absolute Gasteiger partial charge is 0.573 e. The van der Waals surface area contributed by atoms with E-state index in [0.29, 0.717) is 17.2 Å². The second-order valence-electron chi connectivity index (χ2n) is 8.86. The third kappa shape index (κ3) is 6.49. The minimum absolute atomic E-state index is 0.00143. The van der Waals surface area contributed by atoms with Crippen LogP contribution in [0.4, 0.5) is 18.3 Å². The molecule has 0 fully saturated rings.